The van der Waals surface area contributed by atoms with E-state index < -0.39 is 11.7 Å². The SMILES string of the molecule is CN=C(NCCNC(=O)c1ccccc1F)NCC1CCCS1. The minimum Gasteiger partial charge on any atom is -0.355 e. The van der Waals surface area contributed by atoms with Crippen molar-refractivity contribution >= 4 is 23.6 Å². The van der Waals surface area contributed by atoms with Crippen LogP contribution in [0, 0.1) is 5.82 Å². The molecule has 2 rings (SSSR count). The number of carbonyl (C=O) groups is 1. The number of nitrogens with one attached hydrogen (secondary N) is 3. The molecule has 0 aliphatic carbocycles. The Hall–Kier alpha value is -1.76. The van der Waals surface area contributed by atoms with Crippen molar-refractivity contribution in [3.8, 4) is 0 Å². The molecule has 1 aliphatic heterocycles. The molecule has 0 spiro atoms. The highest BCUT2D eigenvalue weighted by molar-refractivity contribution is 8.00. The van der Waals surface area contributed by atoms with Crippen LogP contribution < -0.4 is 16.0 Å². The zero-order valence-electron chi connectivity index (χ0n) is 13.3. The van der Waals surface area contributed by atoms with Crippen LogP contribution in [0.4, 0.5) is 4.39 Å². The summed E-state index contributed by atoms with van der Waals surface area (Å²) in [6.45, 7) is 1.82. The molecule has 0 radical (unpaired) electrons. The van der Waals surface area contributed by atoms with Crippen LogP contribution in [-0.2, 0) is 0 Å². The lowest BCUT2D eigenvalue weighted by Crippen LogP contribution is -2.43. The van der Waals surface area contributed by atoms with E-state index in [2.05, 4.69) is 20.9 Å². The van der Waals surface area contributed by atoms with E-state index in [1.165, 1.54) is 30.7 Å². The molecule has 0 aromatic heterocycles. The van der Waals surface area contributed by atoms with Gasteiger partial charge in [0.05, 0.1) is 5.56 Å². The first-order valence-corrected chi connectivity index (χ1v) is 8.84. The second kappa shape index (κ2) is 9.39. The third kappa shape index (κ3) is 5.74. The molecular formula is C16H23FN4OS. The van der Waals surface area contributed by atoms with Crippen LogP contribution in [0.2, 0.25) is 0 Å². The van der Waals surface area contributed by atoms with E-state index in [1.54, 1.807) is 19.2 Å². The maximum absolute atomic E-state index is 13.5. The van der Waals surface area contributed by atoms with Crippen molar-refractivity contribution in [2.45, 2.75) is 18.1 Å². The van der Waals surface area contributed by atoms with E-state index in [9.17, 15) is 9.18 Å². The minimum atomic E-state index is -0.510. The van der Waals surface area contributed by atoms with Crippen molar-refractivity contribution in [2.24, 2.45) is 4.99 Å². The summed E-state index contributed by atoms with van der Waals surface area (Å²) in [5.41, 5.74) is 0.0632. The van der Waals surface area contributed by atoms with Crippen molar-refractivity contribution in [3.05, 3.63) is 35.6 Å². The number of hydrogen-bond acceptors (Lipinski definition) is 3. The predicted octanol–water partition coefficient (Wildman–Crippen LogP) is 1.62. The highest BCUT2D eigenvalue weighted by atomic mass is 32.2. The molecule has 1 atom stereocenters. The number of guanidine groups is 1. The number of nitrogens with zero attached hydrogens (tertiary/aromatic N) is 1. The third-order valence-corrected chi connectivity index (χ3v) is 4.96. The number of halogens is 1. The molecule has 1 saturated heterocycles. The number of carbonyl (C=O) groups excluding carboxylic acids is 1. The van der Waals surface area contributed by atoms with E-state index in [0.717, 1.165) is 12.5 Å². The predicted molar refractivity (Wildman–Crippen MR) is 93.6 cm³/mol. The Morgan fingerprint density at radius 3 is 2.78 bits per heavy atom. The summed E-state index contributed by atoms with van der Waals surface area (Å²) < 4.78 is 13.5. The van der Waals surface area contributed by atoms with E-state index in [0.29, 0.717) is 18.3 Å². The highest BCUT2D eigenvalue weighted by Gasteiger charge is 2.15. The fraction of sp³-hybridized carbons (Fsp3) is 0.500. The van der Waals surface area contributed by atoms with Gasteiger partial charge in [-0.05, 0) is 30.7 Å². The number of thioether (sulfide) groups is 1. The monoisotopic (exact) mass is 338 g/mol. The first-order chi connectivity index (χ1) is 11.2. The molecule has 5 nitrogen and oxygen atoms in total. The molecule has 1 fully saturated rings. The largest absolute Gasteiger partial charge is 0.355 e. The fourth-order valence-electron chi connectivity index (χ4n) is 2.33. The Morgan fingerprint density at radius 2 is 2.09 bits per heavy atom. The van der Waals surface area contributed by atoms with Crippen LogP contribution in [0.3, 0.4) is 0 Å². The molecule has 0 bridgehead atoms. The Morgan fingerprint density at radius 1 is 1.30 bits per heavy atom. The Bertz CT molecular complexity index is 547. The van der Waals surface area contributed by atoms with Crippen LogP contribution in [-0.4, -0.2) is 49.6 Å². The molecule has 1 aromatic carbocycles. The van der Waals surface area contributed by atoms with Gasteiger partial charge in [-0.15, -0.1) is 0 Å². The maximum atomic E-state index is 13.5. The van der Waals surface area contributed by atoms with Crippen LogP contribution in [0.25, 0.3) is 0 Å². The van der Waals surface area contributed by atoms with Gasteiger partial charge in [0.15, 0.2) is 5.96 Å². The van der Waals surface area contributed by atoms with Gasteiger partial charge >= 0.3 is 0 Å². The lowest BCUT2D eigenvalue weighted by atomic mass is 10.2. The van der Waals surface area contributed by atoms with E-state index >= 15 is 0 Å². The lowest BCUT2D eigenvalue weighted by molar-refractivity contribution is 0.0950. The topological polar surface area (TPSA) is 65.5 Å². The number of aliphatic imine (C=N–C) groups is 1. The highest BCUT2D eigenvalue weighted by Crippen LogP contribution is 2.25. The first kappa shape index (κ1) is 17.6. The Labute approximate surface area is 140 Å². The molecular weight excluding hydrogens is 315 g/mol. The molecule has 1 aliphatic rings. The number of amides is 1. The molecule has 1 unspecified atom stereocenters. The molecule has 1 heterocycles. The van der Waals surface area contributed by atoms with Gasteiger partial charge in [0.1, 0.15) is 5.82 Å². The minimum absolute atomic E-state index is 0.0632. The average Bonchev–Trinajstić information content (AvgIpc) is 3.08. The van der Waals surface area contributed by atoms with Gasteiger partial charge in [-0.3, -0.25) is 9.79 Å². The summed E-state index contributed by atoms with van der Waals surface area (Å²) in [5.74, 6) is 1.04. The van der Waals surface area contributed by atoms with Crippen molar-refractivity contribution in [1.82, 2.24) is 16.0 Å². The van der Waals surface area contributed by atoms with Gasteiger partial charge in [-0.2, -0.15) is 11.8 Å². The molecule has 1 amide bonds. The molecule has 126 valence electrons. The summed E-state index contributed by atoms with van der Waals surface area (Å²) in [6.07, 6.45) is 2.53. The number of benzene rings is 1. The zero-order chi connectivity index (χ0) is 16.5. The lowest BCUT2D eigenvalue weighted by Gasteiger charge is -2.15. The number of hydrogen-bond donors (Lipinski definition) is 3. The summed E-state index contributed by atoms with van der Waals surface area (Å²) in [5, 5.41) is 9.76. The van der Waals surface area contributed by atoms with Crippen LogP contribution in [0.1, 0.15) is 23.2 Å². The van der Waals surface area contributed by atoms with Gasteiger partial charge < -0.3 is 16.0 Å². The summed E-state index contributed by atoms with van der Waals surface area (Å²) in [4.78, 5) is 16.0. The second-order valence-electron chi connectivity index (χ2n) is 5.25. The van der Waals surface area contributed by atoms with Crippen molar-refractivity contribution < 1.29 is 9.18 Å². The number of rotatable bonds is 6. The zero-order valence-corrected chi connectivity index (χ0v) is 14.1. The molecule has 3 N–H and O–H groups in total. The third-order valence-electron chi connectivity index (χ3n) is 3.57. The quantitative estimate of drug-likeness (QED) is 0.419. The summed E-state index contributed by atoms with van der Waals surface area (Å²) >= 11 is 1.99. The Balaban J connectivity index is 1.65. The molecule has 7 heteroatoms. The van der Waals surface area contributed by atoms with Gasteiger partial charge in [0, 0.05) is 31.9 Å². The average molecular weight is 338 g/mol. The van der Waals surface area contributed by atoms with Gasteiger partial charge in [0.2, 0.25) is 0 Å². The summed E-state index contributed by atoms with van der Waals surface area (Å²) in [7, 11) is 1.72. The fourth-order valence-corrected chi connectivity index (χ4v) is 3.54. The van der Waals surface area contributed by atoms with Crippen LogP contribution >= 0.6 is 11.8 Å². The van der Waals surface area contributed by atoms with Crippen molar-refractivity contribution in [1.29, 1.82) is 0 Å². The van der Waals surface area contributed by atoms with Crippen molar-refractivity contribution in [2.75, 3.05) is 32.4 Å². The maximum Gasteiger partial charge on any atom is 0.254 e. The first-order valence-electron chi connectivity index (χ1n) is 7.79. The van der Waals surface area contributed by atoms with Crippen molar-refractivity contribution in [3.63, 3.8) is 0 Å². The normalized spacial score (nSPS) is 17.8. The van der Waals surface area contributed by atoms with Crippen LogP contribution in [0.15, 0.2) is 29.3 Å². The van der Waals surface area contributed by atoms with Gasteiger partial charge in [-0.1, -0.05) is 12.1 Å². The Kier molecular flexibility index (Phi) is 7.19. The molecule has 0 saturated carbocycles. The van der Waals surface area contributed by atoms with Crippen LogP contribution in [0.5, 0.6) is 0 Å². The van der Waals surface area contributed by atoms with Gasteiger partial charge in [-0.25, -0.2) is 4.39 Å². The van der Waals surface area contributed by atoms with E-state index in [4.69, 9.17) is 0 Å². The second-order valence-corrected chi connectivity index (χ2v) is 6.66. The summed E-state index contributed by atoms with van der Waals surface area (Å²) in [6, 6.07) is 5.95. The standard InChI is InChI=1S/C16H23FN4OS/c1-18-16(21-11-12-5-4-10-23-12)20-9-8-19-15(22)13-6-2-3-7-14(13)17/h2-3,6-7,12H,4-5,8-11H2,1H3,(H,19,22)(H2,18,20,21). The smallest absolute Gasteiger partial charge is 0.254 e. The van der Waals surface area contributed by atoms with Gasteiger partial charge in [0.25, 0.3) is 5.91 Å². The van der Waals surface area contributed by atoms with E-state index in [-0.39, 0.29) is 5.56 Å². The molecule has 1 aromatic rings. The van der Waals surface area contributed by atoms with E-state index in [1.807, 2.05) is 11.8 Å². The molecule has 23 heavy (non-hydrogen) atoms.